The van der Waals surface area contributed by atoms with E-state index in [9.17, 15) is 9.90 Å². The number of hydrogen-bond donors (Lipinski definition) is 1. The smallest absolute Gasteiger partial charge is 0.335 e. The van der Waals surface area contributed by atoms with Crippen LogP contribution >= 0.6 is 0 Å². The fraction of sp³-hybridized carbons (Fsp3) is 0.375. The lowest BCUT2D eigenvalue weighted by atomic mass is 9.67. The zero-order valence-corrected chi connectivity index (χ0v) is 16.8. The van der Waals surface area contributed by atoms with Gasteiger partial charge < -0.3 is 14.6 Å². The van der Waals surface area contributed by atoms with Crippen molar-refractivity contribution >= 4 is 5.97 Å². The average Bonchev–Trinajstić information content (AvgIpc) is 3.16. The number of aromatic carboxylic acids is 1. The van der Waals surface area contributed by atoms with Crippen LogP contribution in [-0.4, -0.2) is 24.3 Å². The number of carboxylic acid groups (broad SMARTS) is 1. The highest BCUT2D eigenvalue weighted by Crippen LogP contribution is 2.45. The number of fused-ring (bicyclic) bond motifs is 1. The molecule has 0 atom stereocenters. The molecule has 0 spiro atoms. The summed E-state index contributed by atoms with van der Waals surface area (Å²) in [6, 6.07) is 13.2. The summed E-state index contributed by atoms with van der Waals surface area (Å²) >= 11 is 0. The molecule has 4 heteroatoms. The van der Waals surface area contributed by atoms with Crippen LogP contribution in [0.5, 0.6) is 0 Å². The van der Waals surface area contributed by atoms with Crippen molar-refractivity contribution in [2.45, 2.75) is 44.3 Å². The van der Waals surface area contributed by atoms with Crippen molar-refractivity contribution in [2.75, 3.05) is 13.2 Å². The molecule has 1 fully saturated rings. The maximum Gasteiger partial charge on any atom is 0.335 e. The highest BCUT2D eigenvalue weighted by Gasteiger charge is 2.42. The molecule has 1 heterocycles. The molecular formula is C24H26O4. The molecule has 1 aliphatic heterocycles. The Hall–Kier alpha value is -2.43. The molecule has 2 aliphatic rings. The van der Waals surface area contributed by atoms with Gasteiger partial charge in [0.05, 0.1) is 18.8 Å². The summed E-state index contributed by atoms with van der Waals surface area (Å²) in [7, 11) is 0. The van der Waals surface area contributed by atoms with Crippen LogP contribution in [0.3, 0.4) is 0 Å². The Kier molecular flexibility index (Phi) is 4.25. The van der Waals surface area contributed by atoms with Gasteiger partial charge in [0.1, 0.15) is 0 Å². The van der Waals surface area contributed by atoms with Gasteiger partial charge in [-0.15, -0.1) is 0 Å². The van der Waals surface area contributed by atoms with Crippen LogP contribution in [0.15, 0.2) is 54.6 Å². The van der Waals surface area contributed by atoms with Crippen molar-refractivity contribution in [3.8, 4) is 0 Å². The van der Waals surface area contributed by atoms with Gasteiger partial charge >= 0.3 is 5.97 Å². The van der Waals surface area contributed by atoms with Gasteiger partial charge in [-0.05, 0) is 29.3 Å². The zero-order valence-electron chi connectivity index (χ0n) is 16.8. The van der Waals surface area contributed by atoms with E-state index in [1.807, 2.05) is 0 Å². The van der Waals surface area contributed by atoms with Crippen molar-refractivity contribution < 1.29 is 19.4 Å². The fourth-order valence-corrected chi connectivity index (χ4v) is 4.18. The molecule has 1 aliphatic carbocycles. The topological polar surface area (TPSA) is 55.8 Å². The molecule has 0 radical (unpaired) electrons. The molecule has 0 amide bonds. The molecule has 4 nitrogen and oxygen atoms in total. The highest BCUT2D eigenvalue weighted by atomic mass is 16.7. The lowest BCUT2D eigenvalue weighted by Gasteiger charge is -2.38. The van der Waals surface area contributed by atoms with Crippen LogP contribution in [0, 0.1) is 0 Å². The molecular weight excluding hydrogens is 352 g/mol. The fourth-order valence-electron chi connectivity index (χ4n) is 4.18. The highest BCUT2D eigenvalue weighted by molar-refractivity contribution is 5.87. The van der Waals surface area contributed by atoms with E-state index in [0.29, 0.717) is 13.2 Å². The van der Waals surface area contributed by atoms with Crippen LogP contribution in [0.25, 0.3) is 0 Å². The number of ether oxygens (including phenoxy) is 2. The second-order valence-electron chi connectivity index (χ2n) is 8.73. The van der Waals surface area contributed by atoms with Gasteiger partial charge in [0.2, 0.25) is 5.79 Å². The normalized spacial score (nSPS) is 21.3. The van der Waals surface area contributed by atoms with Crippen LogP contribution in [0.2, 0.25) is 0 Å². The van der Waals surface area contributed by atoms with Gasteiger partial charge in [-0.25, -0.2) is 4.79 Å². The number of allylic oxidation sites excluding steroid dienone is 2. The van der Waals surface area contributed by atoms with E-state index in [2.05, 4.69) is 58.0 Å². The van der Waals surface area contributed by atoms with Crippen LogP contribution < -0.4 is 0 Å². The molecule has 0 bridgehead atoms. The van der Waals surface area contributed by atoms with E-state index in [-0.39, 0.29) is 16.4 Å². The Morgan fingerprint density at radius 3 is 1.93 bits per heavy atom. The van der Waals surface area contributed by atoms with Crippen molar-refractivity contribution in [1.82, 2.24) is 0 Å². The molecule has 2 aromatic carbocycles. The predicted molar refractivity (Wildman–Crippen MR) is 108 cm³/mol. The van der Waals surface area contributed by atoms with Crippen molar-refractivity contribution in [2.24, 2.45) is 0 Å². The van der Waals surface area contributed by atoms with Gasteiger partial charge in [-0.1, -0.05) is 64.1 Å². The van der Waals surface area contributed by atoms with E-state index >= 15 is 0 Å². The number of carboxylic acids is 1. The molecule has 1 N–H and O–H groups in total. The second-order valence-corrected chi connectivity index (χ2v) is 8.73. The minimum Gasteiger partial charge on any atom is -0.478 e. The summed E-state index contributed by atoms with van der Waals surface area (Å²) in [4.78, 5) is 11.2. The number of hydrogen-bond acceptors (Lipinski definition) is 3. The van der Waals surface area contributed by atoms with Crippen molar-refractivity contribution in [3.63, 3.8) is 0 Å². The molecule has 2 aromatic rings. The predicted octanol–water partition coefficient (Wildman–Crippen LogP) is 4.76. The zero-order chi connectivity index (χ0) is 20.2. The van der Waals surface area contributed by atoms with E-state index in [1.54, 1.807) is 24.3 Å². The average molecular weight is 378 g/mol. The second kappa shape index (κ2) is 6.29. The van der Waals surface area contributed by atoms with Crippen LogP contribution in [0.1, 0.15) is 60.3 Å². The first-order chi connectivity index (χ1) is 13.2. The first-order valence-corrected chi connectivity index (χ1v) is 9.63. The van der Waals surface area contributed by atoms with Crippen molar-refractivity contribution in [1.29, 1.82) is 0 Å². The van der Waals surface area contributed by atoms with E-state index < -0.39 is 11.8 Å². The summed E-state index contributed by atoms with van der Waals surface area (Å²) < 4.78 is 12.3. The number of benzene rings is 2. The third-order valence-electron chi connectivity index (χ3n) is 5.91. The number of carbonyl (C=O) groups is 1. The van der Waals surface area contributed by atoms with E-state index in [1.165, 1.54) is 11.1 Å². The minimum atomic E-state index is -1.01. The molecule has 0 saturated carbocycles. The van der Waals surface area contributed by atoms with Gasteiger partial charge in [0.15, 0.2) is 0 Å². The number of rotatable bonds is 3. The van der Waals surface area contributed by atoms with E-state index in [0.717, 1.165) is 11.1 Å². The van der Waals surface area contributed by atoms with Gasteiger partial charge in [-0.3, -0.25) is 0 Å². The van der Waals surface area contributed by atoms with Gasteiger partial charge in [0, 0.05) is 22.0 Å². The lowest BCUT2D eigenvalue weighted by molar-refractivity contribution is -0.130. The Balaban J connectivity index is 1.85. The first-order valence-electron chi connectivity index (χ1n) is 9.63. The minimum absolute atomic E-state index is 0.0307. The summed E-state index contributed by atoms with van der Waals surface area (Å²) in [5, 5.41) is 9.19. The third kappa shape index (κ3) is 2.88. The summed E-state index contributed by atoms with van der Waals surface area (Å²) in [5.74, 6) is -1.95. The standard InChI is InChI=1S/C24H26O4/c1-22(2)11-12-23(3,4)20-15-18(9-10-19(20)22)24(27-13-14-28-24)17-7-5-16(6-8-17)21(25)26/h5-12,15H,13-14H2,1-4H3,(H,25,26). The third-order valence-corrected chi connectivity index (χ3v) is 5.91. The Bertz CT molecular complexity index is 945. The van der Waals surface area contributed by atoms with Crippen molar-refractivity contribution in [3.05, 3.63) is 82.4 Å². The quantitative estimate of drug-likeness (QED) is 0.783. The summed E-state index contributed by atoms with van der Waals surface area (Å²) in [6.45, 7) is 9.86. The SMILES string of the molecule is CC1(C)C=CC(C)(C)c2cc(C3(c4ccc(C(=O)O)cc4)OCCO3)ccc21. The molecule has 0 aromatic heterocycles. The maximum atomic E-state index is 11.2. The molecule has 0 unspecified atom stereocenters. The Morgan fingerprint density at radius 2 is 1.36 bits per heavy atom. The largest absolute Gasteiger partial charge is 0.478 e. The monoisotopic (exact) mass is 378 g/mol. The molecule has 28 heavy (non-hydrogen) atoms. The Morgan fingerprint density at radius 1 is 0.821 bits per heavy atom. The maximum absolute atomic E-state index is 11.2. The Labute approximate surface area is 165 Å². The summed E-state index contributed by atoms with van der Waals surface area (Å²) in [6.07, 6.45) is 4.54. The van der Waals surface area contributed by atoms with E-state index in [4.69, 9.17) is 9.47 Å². The summed E-state index contributed by atoms with van der Waals surface area (Å²) in [5.41, 5.74) is 4.43. The van der Waals surface area contributed by atoms with Crippen LogP contribution in [-0.2, 0) is 26.1 Å². The van der Waals surface area contributed by atoms with Gasteiger partial charge in [-0.2, -0.15) is 0 Å². The molecule has 1 saturated heterocycles. The lowest BCUT2D eigenvalue weighted by Crippen LogP contribution is -2.32. The molecule has 146 valence electrons. The molecule has 4 rings (SSSR count). The van der Waals surface area contributed by atoms with Crippen LogP contribution in [0.4, 0.5) is 0 Å². The van der Waals surface area contributed by atoms with Gasteiger partial charge in [0.25, 0.3) is 0 Å². The first kappa shape index (κ1) is 18.9.